The summed E-state index contributed by atoms with van der Waals surface area (Å²) in [7, 11) is 0. The summed E-state index contributed by atoms with van der Waals surface area (Å²) in [4.78, 5) is 48.3. The Kier molecular flexibility index (Phi) is 7.29. The molecule has 2 aromatic heterocycles. The lowest BCUT2D eigenvalue weighted by molar-refractivity contribution is -0.132. The summed E-state index contributed by atoms with van der Waals surface area (Å²) in [6.07, 6.45) is 3.51. The van der Waals surface area contributed by atoms with E-state index in [-0.39, 0.29) is 23.9 Å². The van der Waals surface area contributed by atoms with E-state index in [4.69, 9.17) is 10.5 Å². The van der Waals surface area contributed by atoms with Crippen LogP contribution in [0.2, 0.25) is 0 Å². The van der Waals surface area contributed by atoms with Gasteiger partial charge in [0.05, 0.1) is 22.4 Å². The molecule has 0 saturated carbocycles. The van der Waals surface area contributed by atoms with Crippen LogP contribution in [0.1, 0.15) is 34.5 Å². The molecule has 210 valence electrons. The molecule has 4 amide bonds. The molecule has 1 fully saturated rings. The summed E-state index contributed by atoms with van der Waals surface area (Å²) in [6, 6.07) is 16.3. The van der Waals surface area contributed by atoms with Crippen molar-refractivity contribution in [2.45, 2.75) is 32.2 Å². The van der Waals surface area contributed by atoms with Crippen LogP contribution in [-0.4, -0.2) is 53.4 Å². The zero-order chi connectivity index (χ0) is 28.5. The lowest BCUT2D eigenvalue weighted by Crippen LogP contribution is -2.49. The van der Waals surface area contributed by atoms with Gasteiger partial charge in [-0.1, -0.05) is 18.2 Å². The van der Waals surface area contributed by atoms with Crippen LogP contribution in [0.25, 0.3) is 10.2 Å². The maximum absolute atomic E-state index is 13.5. The summed E-state index contributed by atoms with van der Waals surface area (Å²) in [6.45, 7) is 3.33. The highest BCUT2D eigenvalue weighted by molar-refractivity contribution is 7.21. The number of para-hydroxylation sites is 1. The van der Waals surface area contributed by atoms with Gasteiger partial charge in [-0.2, -0.15) is 0 Å². The number of carbonyl (C=O) groups excluding carboxylic acids is 3. The number of hydrogen-bond donors (Lipinski definition) is 3. The molecule has 41 heavy (non-hydrogen) atoms. The standard InChI is InChI=1S/C30H30N6O4S/c1-18-16-21(40-20-7-3-2-4-8-20)9-10-22(18)36-23-12-14-32-29-25(23)26(34-30(36)39)27(41-29)28(38)33-19-6-5-15-35(17-19)24(37)11-13-31/h2-4,7-10,12,14,16,19H,5-6,11,13,15,17,31H2,1H3,(H,33,38)(H,34,39). The molecule has 1 unspecified atom stereocenters. The van der Waals surface area contributed by atoms with Crippen LogP contribution in [0.15, 0.2) is 60.8 Å². The highest BCUT2D eigenvalue weighted by atomic mass is 32.1. The minimum absolute atomic E-state index is 0.000412. The van der Waals surface area contributed by atoms with Crippen LogP contribution in [-0.2, 0) is 4.79 Å². The lowest BCUT2D eigenvalue weighted by Gasteiger charge is -2.33. The molecule has 0 spiro atoms. The van der Waals surface area contributed by atoms with Gasteiger partial charge in [-0.15, -0.1) is 11.3 Å². The van der Waals surface area contributed by atoms with E-state index < -0.39 is 0 Å². The number of benzene rings is 2. The second-order valence-electron chi connectivity index (χ2n) is 10.1. The Morgan fingerprint density at radius 3 is 2.76 bits per heavy atom. The zero-order valence-corrected chi connectivity index (χ0v) is 23.4. The Balaban J connectivity index is 1.27. The number of anilines is 3. The maximum Gasteiger partial charge on any atom is 0.331 e. The lowest BCUT2D eigenvalue weighted by atomic mass is 10.0. The molecule has 1 saturated heterocycles. The molecule has 4 aromatic rings. The molecule has 0 aliphatic carbocycles. The van der Waals surface area contributed by atoms with Crippen molar-refractivity contribution >= 4 is 56.5 Å². The van der Waals surface area contributed by atoms with Crippen LogP contribution < -0.4 is 26.0 Å². The number of nitrogens with zero attached hydrogens (tertiary/aromatic N) is 3. The minimum Gasteiger partial charge on any atom is -0.457 e. The molecule has 10 nitrogen and oxygen atoms in total. The molecule has 2 aromatic carbocycles. The molecular weight excluding hydrogens is 540 g/mol. The third kappa shape index (κ3) is 5.21. The summed E-state index contributed by atoms with van der Waals surface area (Å²) < 4.78 is 5.97. The van der Waals surface area contributed by atoms with Crippen molar-refractivity contribution in [1.29, 1.82) is 0 Å². The normalized spacial score (nSPS) is 16.4. The van der Waals surface area contributed by atoms with Gasteiger partial charge in [0.1, 0.15) is 21.2 Å². The number of pyridine rings is 1. The smallest absolute Gasteiger partial charge is 0.331 e. The summed E-state index contributed by atoms with van der Waals surface area (Å²) in [5, 5.41) is 6.74. The zero-order valence-electron chi connectivity index (χ0n) is 22.6. The van der Waals surface area contributed by atoms with E-state index in [0.717, 1.165) is 29.5 Å². The van der Waals surface area contributed by atoms with Gasteiger partial charge in [0.2, 0.25) is 5.91 Å². The van der Waals surface area contributed by atoms with E-state index in [1.165, 1.54) is 11.3 Å². The highest BCUT2D eigenvalue weighted by Gasteiger charge is 2.34. The molecular formula is C30H30N6O4S. The van der Waals surface area contributed by atoms with E-state index in [1.807, 2.05) is 55.5 Å². The van der Waals surface area contributed by atoms with Gasteiger partial charge < -0.3 is 26.0 Å². The van der Waals surface area contributed by atoms with Crippen molar-refractivity contribution in [2.24, 2.45) is 5.73 Å². The SMILES string of the molecule is Cc1cc(Oc2ccccc2)ccc1N1C(=O)Nc2c(C(=O)NC3CCCN(C(=O)CCN)C3)sc3nccc1c23. The number of aryl methyl sites for hydroxylation is 1. The topological polar surface area (TPSA) is 130 Å². The molecule has 4 N–H and O–H groups in total. The fraction of sp³-hybridized carbons (Fsp3) is 0.267. The average Bonchev–Trinajstić information content (AvgIpc) is 3.34. The van der Waals surface area contributed by atoms with Crippen LogP contribution >= 0.6 is 11.3 Å². The van der Waals surface area contributed by atoms with Gasteiger partial charge in [0, 0.05) is 38.3 Å². The van der Waals surface area contributed by atoms with Gasteiger partial charge in [-0.3, -0.25) is 14.5 Å². The molecule has 1 atom stereocenters. The van der Waals surface area contributed by atoms with E-state index in [9.17, 15) is 14.4 Å². The van der Waals surface area contributed by atoms with Crippen molar-refractivity contribution in [2.75, 3.05) is 29.9 Å². The van der Waals surface area contributed by atoms with Crippen molar-refractivity contribution in [3.63, 3.8) is 0 Å². The predicted molar refractivity (Wildman–Crippen MR) is 159 cm³/mol. The van der Waals surface area contributed by atoms with Crippen molar-refractivity contribution in [3.05, 3.63) is 71.2 Å². The maximum atomic E-state index is 13.5. The Morgan fingerprint density at radius 2 is 1.98 bits per heavy atom. The second kappa shape index (κ2) is 11.2. The Morgan fingerprint density at radius 1 is 1.15 bits per heavy atom. The van der Waals surface area contributed by atoms with Crippen molar-refractivity contribution < 1.29 is 19.1 Å². The van der Waals surface area contributed by atoms with E-state index in [2.05, 4.69) is 15.6 Å². The first kappa shape index (κ1) is 26.7. The number of rotatable bonds is 7. The number of likely N-dealkylation sites (tertiary alicyclic amines) is 1. The number of piperidine rings is 1. The summed E-state index contributed by atoms with van der Waals surface area (Å²) >= 11 is 1.24. The van der Waals surface area contributed by atoms with Gasteiger partial charge in [-0.05, 0) is 61.7 Å². The number of aromatic nitrogens is 1. The minimum atomic E-state index is -0.367. The van der Waals surface area contributed by atoms with Gasteiger partial charge >= 0.3 is 6.03 Å². The number of hydrogen-bond acceptors (Lipinski definition) is 7. The highest BCUT2D eigenvalue weighted by Crippen LogP contribution is 2.46. The van der Waals surface area contributed by atoms with Crippen LogP contribution in [0.5, 0.6) is 11.5 Å². The number of carbonyl (C=O) groups is 3. The Bertz CT molecular complexity index is 1640. The van der Waals surface area contributed by atoms with Crippen molar-refractivity contribution in [3.8, 4) is 11.5 Å². The molecule has 0 bridgehead atoms. The van der Waals surface area contributed by atoms with Gasteiger partial charge in [-0.25, -0.2) is 9.78 Å². The monoisotopic (exact) mass is 570 g/mol. The molecule has 2 aliphatic rings. The average molecular weight is 571 g/mol. The third-order valence-corrected chi connectivity index (χ3v) is 8.40. The number of thiophene rings is 1. The molecule has 11 heteroatoms. The number of nitrogens with one attached hydrogen (secondary N) is 2. The molecule has 6 rings (SSSR count). The first-order chi connectivity index (χ1) is 19.9. The summed E-state index contributed by atoms with van der Waals surface area (Å²) in [5.74, 6) is 1.10. The van der Waals surface area contributed by atoms with Crippen LogP contribution in [0, 0.1) is 6.92 Å². The molecule has 4 heterocycles. The third-order valence-electron chi connectivity index (χ3n) is 7.31. The first-order valence-electron chi connectivity index (χ1n) is 13.6. The second-order valence-corrected chi connectivity index (χ2v) is 11.1. The van der Waals surface area contributed by atoms with Crippen LogP contribution in [0.4, 0.5) is 21.9 Å². The van der Waals surface area contributed by atoms with Gasteiger partial charge in [0.25, 0.3) is 5.91 Å². The van der Waals surface area contributed by atoms with Crippen molar-refractivity contribution in [1.82, 2.24) is 15.2 Å². The van der Waals surface area contributed by atoms with E-state index >= 15 is 0 Å². The Hall–Kier alpha value is -4.48. The summed E-state index contributed by atoms with van der Waals surface area (Å²) in [5.41, 5.74) is 8.21. The number of urea groups is 1. The van der Waals surface area contributed by atoms with Crippen LogP contribution in [0.3, 0.4) is 0 Å². The largest absolute Gasteiger partial charge is 0.457 e. The quantitative estimate of drug-likeness (QED) is 0.282. The Labute approximate surface area is 241 Å². The van der Waals surface area contributed by atoms with Gasteiger partial charge in [0.15, 0.2) is 0 Å². The number of ether oxygens (including phenoxy) is 1. The molecule has 2 aliphatic heterocycles. The fourth-order valence-corrected chi connectivity index (χ4v) is 6.43. The predicted octanol–water partition coefficient (Wildman–Crippen LogP) is 5.15. The molecule has 0 radical (unpaired) electrons. The first-order valence-corrected chi connectivity index (χ1v) is 14.4. The number of nitrogens with two attached hydrogens (primary N) is 1. The van der Waals surface area contributed by atoms with E-state index in [1.54, 1.807) is 22.1 Å². The fourth-order valence-electron chi connectivity index (χ4n) is 5.40. The van der Waals surface area contributed by atoms with E-state index in [0.29, 0.717) is 58.6 Å². The number of amides is 4.